The summed E-state index contributed by atoms with van der Waals surface area (Å²) in [5, 5.41) is 0. The van der Waals surface area contributed by atoms with Gasteiger partial charge in [-0.2, -0.15) is 51.6 Å². The van der Waals surface area contributed by atoms with Crippen LogP contribution in [0, 0.1) is 0 Å². The minimum Gasteiger partial charge on any atom is -0.395 e. The summed E-state index contributed by atoms with van der Waals surface area (Å²) < 4.78 is 202. The van der Waals surface area contributed by atoms with E-state index in [4.69, 9.17) is 77.8 Å². The second kappa shape index (κ2) is 38.0. The molecule has 0 N–H and O–H groups in total. The normalized spacial score (nSPS) is 15.8. The quantitative estimate of drug-likeness (QED) is 0.0335. The number of hydrogen-bond acceptors (Lipinski definition) is 20. The Morgan fingerprint density at radius 2 is 0.595 bits per heavy atom. The van der Waals surface area contributed by atoms with Gasteiger partial charge in [0.15, 0.2) is 0 Å². The summed E-state index contributed by atoms with van der Waals surface area (Å²) in [6.07, 6.45) is -11.0. The summed E-state index contributed by atoms with van der Waals surface area (Å²) in [6.45, 7) is 24.2. The van der Waals surface area contributed by atoms with Gasteiger partial charge in [0.1, 0.15) is 0 Å². The molecule has 0 saturated heterocycles. The van der Waals surface area contributed by atoms with Gasteiger partial charge in [0.05, 0.1) is 0 Å². The molecule has 35 heteroatoms. The number of hydrogen-bond donors (Lipinski definition) is 2. The Labute approximate surface area is 492 Å². The van der Waals surface area contributed by atoms with Gasteiger partial charge in [-0.1, -0.05) is 55.4 Å². The number of thiol groups is 2. The fourth-order valence-electron chi connectivity index (χ4n) is 9.44. The van der Waals surface area contributed by atoms with Gasteiger partial charge in [-0.3, -0.25) is 0 Å². The van der Waals surface area contributed by atoms with Gasteiger partial charge in [0.25, 0.3) is 0 Å². The number of rotatable bonds is 48. The molecule has 0 rings (SSSR count). The maximum atomic E-state index is 14.4. The third kappa shape index (κ3) is 24.5. The van der Waals surface area contributed by atoms with Gasteiger partial charge < -0.3 is 77.8 Å². The van der Waals surface area contributed by atoms with Gasteiger partial charge in [0, 0.05) is 120 Å². The highest BCUT2D eigenvalue weighted by Gasteiger charge is 2.64. The summed E-state index contributed by atoms with van der Waals surface area (Å²) in [4.78, 5) is 0. The summed E-state index contributed by atoms with van der Waals surface area (Å²) in [6, 6.07) is -0.831. The minimum atomic E-state index is -4.67. The molecular formula is C44H102F6O18S2Si9. The number of halogens is 6. The first-order valence-electron chi connectivity index (χ1n) is 27.2. The Kier molecular flexibility index (Phi) is 38.8. The summed E-state index contributed by atoms with van der Waals surface area (Å²) in [7, 11) is -22.8. The predicted octanol–water partition coefficient (Wildman–Crippen LogP) is 11.6. The van der Waals surface area contributed by atoms with Crippen molar-refractivity contribution in [2.24, 2.45) is 0 Å². The van der Waals surface area contributed by atoms with E-state index in [2.05, 4.69) is 25.3 Å². The van der Waals surface area contributed by atoms with Crippen LogP contribution in [0.25, 0.3) is 0 Å². The second-order valence-electron chi connectivity index (χ2n) is 19.8. The Bertz CT molecular complexity index is 1520. The molecule has 0 aromatic carbocycles. The lowest BCUT2D eigenvalue weighted by Crippen LogP contribution is -2.66. The van der Waals surface area contributed by atoms with Crippen molar-refractivity contribution in [3.63, 3.8) is 0 Å². The smallest absolute Gasteiger partial charge is 0.395 e. The molecule has 476 valence electrons. The number of alkyl halides is 6. The minimum absolute atomic E-state index is 0.195. The molecule has 0 bridgehead atoms. The van der Waals surface area contributed by atoms with Gasteiger partial charge >= 0.3 is 92.3 Å². The molecule has 18 nitrogen and oxygen atoms in total. The summed E-state index contributed by atoms with van der Waals surface area (Å²) >= 11 is 9.07. The van der Waals surface area contributed by atoms with Crippen LogP contribution in [0.4, 0.5) is 26.3 Å². The lowest BCUT2D eigenvalue weighted by Gasteiger charge is -2.50. The van der Waals surface area contributed by atoms with Crippen molar-refractivity contribution in [1.29, 1.82) is 0 Å². The van der Waals surface area contributed by atoms with Gasteiger partial charge in [0.2, 0.25) is 0 Å². The van der Waals surface area contributed by atoms with E-state index in [0.717, 1.165) is 0 Å². The van der Waals surface area contributed by atoms with E-state index in [1.807, 2.05) is 83.1 Å². The molecule has 0 aliphatic heterocycles. The Morgan fingerprint density at radius 1 is 0.367 bits per heavy atom. The van der Waals surface area contributed by atoms with E-state index in [1.54, 1.807) is 0 Å². The molecule has 0 aliphatic carbocycles. The van der Waals surface area contributed by atoms with Crippen molar-refractivity contribution in [2.75, 3.05) is 94.8 Å². The van der Waals surface area contributed by atoms with E-state index >= 15 is 0 Å². The topological polar surface area (TPSA) is 166 Å². The standard InChI is InChI=1S/C44H102F6O18S2Si9/c1-21-59-71(60-22-2)63-77(37(5)6,64-72(61-23-3)62-24-4)39(9)25-27-41(11)79(67-73(51-13,52-14)33-29-43(45,46)47,68-74(53-15,54-16)34-30-44(48,49)50)42(12)28-26-40(10)78(38(7)8,65-75(55-17,56-18)35-31-69)66-76(57-19,58-20)36-32-70/h37-42,69-72H,21-36H2,1-20H3. The predicted molar refractivity (Wildman–Crippen MR) is 318 cm³/mol. The fourth-order valence-corrected chi connectivity index (χ4v) is 50.0. The van der Waals surface area contributed by atoms with Crippen LogP contribution in [0.5, 0.6) is 0 Å². The fraction of sp³-hybridized carbons (Fsp3) is 1.00. The average molecular weight is 1350 g/mol. The largest absolute Gasteiger partial charge is 0.492 e. The lowest BCUT2D eigenvalue weighted by atomic mass is 10.2. The Balaban J connectivity index is 8.90. The molecule has 0 aliphatic rings. The maximum absolute atomic E-state index is 14.4. The van der Waals surface area contributed by atoms with Crippen molar-refractivity contribution >= 4 is 105 Å². The zero-order valence-electron chi connectivity index (χ0n) is 50.9. The zero-order chi connectivity index (χ0) is 61.2. The highest BCUT2D eigenvalue weighted by molar-refractivity contribution is 7.80. The van der Waals surface area contributed by atoms with Gasteiger partial charge in [-0.25, -0.2) is 0 Å². The first-order chi connectivity index (χ1) is 36.8. The van der Waals surface area contributed by atoms with Crippen LogP contribution < -0.4 is 0 Å². The third-order valence-corrected chi connectivity index (χ3v) is 50.8. The Hall–Kier alpha value is 1.51. The van der Waals surface area contributed by atoms with Crippen molar-refractivity contribution in [1.82, 2.24) is 0 Å². The highest BCUT2D eigenvalue weighted by Crippen LogP contribution is 2.51. The van der Waals surface area contributed by atoms with Crippen LogP contribution >= 0.6 is 25.3 Å². The van der Waals surface area contributed by atoms with Crippen molar-refractivity contribution in [3.8, 4) is 0 Å². The highest BCUT2D eigenvalue weighted by atomic mass is 32.1. The zero-order valence-corrected chi connectivity index (χ0v) is 62.0. The van der Waals surface area contributed by atoms with Crippen LogP contribution in [-0.2, 0) is 77.8 Å². The molecule has 0 aromatic rings. The van der Waals surface area contributed by atoms with Gasteiger partial charge in [-0.15, -0.1) is 0 Å². The van der Waals surface area contributed by atoms with Crippen LogP contribution in [0.15, 0.2) is 0 Å². The van der Waals surface area contributed by atoms with Gasteiger partial charge in [-0.05, 0) is 98.1 Å². The van der Waals surface area contributed by atoms with E-state index in [-0.39, 0.29) is 30.3 Å². The molecule has 79 heavy (non-hydrogen) atoms. The van der Waals surface area contributed by atoms with Crippen LogP contribution in [0.2, 0.25) is 57.4 Å². The van der Waals surface area contributed by atoms with E-state index in [9.17, 15) is 26.3 Å². The molecule has 4 atom stereocenters. The second-order valence-corrected chi connectivity index (χ2v) is 49.7. The van der Waals surface area contributed by atoms with Crippen molar-refractivity contribution in [2.45, 2.75) is 191 Å². The van der Waals surface area contributed by atoms with E-state index < -0.39 is 139 Å². The molecule has 0 saturated carbocycles. The SMILES string of the molecule is CCO[SiH](OCC)O[Si](O[SiH](OCC)OCC)(C(C)C)C(C)CCC(C)[Si](O[Si](CCC(F)(F)F)(OC)OC)(O[Si](CCC(F)(F)F)(OC)OC)C(C)CCC(C)[Si](O[Si](CCS)(OC)OC)(O[Si](CCS)(OC)OC)C(C)C. The van der Waals surface area contributed by atoms with Crippen LogP contribution in [0.1, 0.15) is 122 Å². The van der Waals surface area contributed by atoms with Crippen molar-refractivity contribution < 1.29 is 104 Å². The Morgan fingerprint density at radius 3 is 0.810 bits per heavy atom. The first kappa shape index (κ1) is 80.5. The lowest BCUT2D eigenvalue weighted by molar-refractivity contribution is -0.133. The first-order valence-corrected chi connectivity index (χ1v) is 44.9. The van der Waals surface area contributed by atoms with Crippen molar-refractivity contribution in [3.05, 3.63) is 0 Å². The van der Waals surface area contributed by atoms with E-state index in [1.165, 1.54) is 56.9 Å². The molecule has 0 radical (unpaired) electrons. The molecule has 0 heterocycles. The summed E-state index contributed by atoms with van der Waals surface area (Å²) in [5.41, 5.74) is -2.95. The molecule has 0 aromatic heterocycles. The molecular weight excluding hydrogens is 1250 g/mol. The molecule has 4 unspecified atom stereocenters. The maximum Gasteiger partial charge on any atom is 0.492 e. The van der Waals surface area contributed by atoms with Crippen LogP contribution in [0.3, 0.4) is 0 Å². The van der Waals surface area contributed by atoms with E-state index in [0.29, 0.717) is 56.4 Å². The monoisotopic (exact) mass is 1350 g/mol. The summed E-state index contributed by atoms with van der Waals surface area (Å²) in [5.74, 6) is 0.712. The molecule has 0 amide bonds. The molecule has 0 spiro atoms. The molecule has 0 fully saturated rings. The average Bonchev–Trinajstić information content (AvgIpc) is 3.40. The third-order valence-electron chi connectivity index (χ3n) is 14.2. The van der Waals surface area contributed by atoms with Crippen LogP contribution in [-0.4, -0.2) is 187 Å².